The Balaban J connectivity index is 1.53. The zero-order chi connectivity index (χ0) is 20.9. The van der Waals surface area contributed by atoms with Gasteiger partial charge >= 0.3 is 0 Å². The number of nitrogens with one attached hydrogen (secondary N) is 2. The second kappa shape index (κ2) is 9.45. The maximum Gasteiger partial charge on any atom is 0.215 e. The zero-order valence-corrected chi connectivity index (χ0v) is 17.1. The number of anilines is 2. The van der Waals surface area contributed by atoms with Crippen LogP contribution in [0.25, 0.3) is 0 Å². The number of aromatic nitrogens is 2. The second-order valence-corrected chi connectivity index (χ2v) is 8.83. The molecule has 0 amide bonds. The Morgan fingerprint density at radius 3 is 2.59 bits per heavy atom. The number of sulfonamides is 1. The predicted molar refractivity (Wildman–Crippen MR) is 108 cm³/mol. The summed E-state index contributed by atoms with van der Waals surface area (Å²) in [7, 11) is -3.80. The highest BCUT2D eigenvalue weighted by atomic mass is 32.2. The number of aryl methyl sites for hydroxylation is 1. The van der Waals surface area contributed by atoms with Crippen molar-refractivity contribution in [3.8, 4) is 0 Å². The van der Waals surface area contributed by atoms with E-state index in [-0.39, 0.29) is 12.1 Å². The van der Waals surface area contributed by atoms with Gasteiger partial charge in [-0.2, -0.15) is 0 Å². The number of rotatable bonds is 8. The average molecular weight is 426 g/mol. The SMILES string of the molecule is Cc1nc(NCCNS(=O)(=O)Cc2cc(F)ccc2F)cc(N2CCCCC2)n1. The summed E-state index contributed by atoms with van der Waals surface area (Å²) in [5.41, 5.74) is -0.206. The summed E-state index contributed by atoms with van der Waals surface area (Å²) in [6, 6.07) is 4.61. The van der Waals surface area contributed by atoms with E-state index >= 15 is 0 Å². The van der Waals surface area contributed by atoms with Gasteiger partial charge in [0.25, 0.3) is 0 Å². The molecule has 29 heavy (non-hydrogen) atoms. The highest BCUT2D eigenvalue weighted by Crippen LogP contribution is 2.20. The van der Waals surface area contributed by atoms with Crippen LogP contribution in [0.1, 0.15) is 30.7 Å². The summed E-state index contributed by atoms with van der Waals surface area (Å²) < 4.78 is 53.5. The smallest absolute Gasteiger partial charge is 0.215 e. The molecular weight excluding hydrogens is 400 g/mol. The van der Waals surface area contributed by atoms with E-state index in [2.05, 4.69) is 24.9 Å². The Bertz CT molecular complexity index is 950. The molecule has 2 heterocycles. The van der Waals surface area contributed by atoms with Crippen molar-refractivity contribution in [2.24, 2.45) is 0 Å². The van der Waals surface area contributed by atoms with Gasteiger partial charge in [0.15, 0.2) is 0 Å². The van der Waals surface area contributed by atoms with E-state index in [1.165, 1.54) is 6.42 Å². The van der Waals surface area contributed by atoms with Gasteiger partial charge in [-0.15, -0.1) is 0 Å². The van der Waals surface area contributed by atoms with E-state index in [0.717, 1.165) is 49.9 Å². The number of hydrogen-bond acceptors (Lipinski definition) is 6. The number of benzene rings is 1. The summed E-state index contributed by atoms with van der Waals surface area (Å²) in [5.74, 6) is 0.0639. The molecular formula is C19H25F2N5O2S. The van der Waals surface area contributed by atoms with Crippen LogP contribution in [0.15, 0.2) is 24.3 Å². The minimum atomic E-state index is -3.80. The molecule has 2 aromatic rings. The minimum Gasteiger partial charge on any atom is -0.369 e. The van der Waals surface area contributed by atoms with Crippen molar-refractivity contribution in [1.82, 2.24) is 14.7 Å². The van der Waals surface area contributed by atoms with Crippen LogP contribution in [-0.4, -0.2) is 44.6 Å². The summed E-state index contributed by atoms with van der Waals surface area (Å²) in [5, 5.41) is 3.08. The number of halogens is 2. The van der Waals surface area contributed by atoms with Crippen LogP contribution in [0, 0.1) is 18.6 Å². The quantitative estimate of drug-likeness (QED) is 0.632. The third kappa shape index (κ3) is 6.33. The van der Waals surface area contributed by atoms with Crippen LogP contribution < -0.4 is 14.9 Å². The Morgan fingerprint density at radius 2 is 1.83 bits per heavy atom. The monoisotopic (exact) mass is 425 g/mol. The minimum absolute atomic E-state index is 0.0847. The van der Waals surface area contributed by atoms with Gasteiger partial charge in [0, 0.05) is 37.8 Å². The van der Waals surface area contributed by atoms with Crippen LogP contribution in [0.2, 0.25) is 0 Å². The van der Waals surface area contributed by atoms with Crippen molar-refractivity contribution < 1.29 is 17.2 Å². The van der Waals surface area contributed by atoms with E-state index in [9.17, 15) is 17.2 Å². The lowest BCUT2D eigenvalue weighted by atomic mass is 10.1. The molecule has 0 aliphatic carbocycles. The van der Waals surface area contributed by atoms with Crippen LogP contribution in [0.5, 0.6) is 0 Å². The van der Waals surface area contributed by atoms with Crippen molar-refractivity contribution in [3.63, 3.8) is 0 Å². The van der Waals surface area contributed by atoms with Gasteiger partial charge in [-0.05, 0) is 44.4 Å². The molecule has 1 aromatic heterocycles. The molecule has 158 valence electrons. The first kappa shape index (κ1) is 21.4. The molecule has 0 unspecified atom stereocenters. The Hall–Kier alpha value is -2.33. The van der Waals surface area contributed by atoms with Gasteiger partial charge in [0.1, 0.15) is 29.1 Å². The molecule has 1 aromatic carbocycles. The zero-order valence-electron chi connectivity index (χ0n) is 16.3. The number of hydrogen-bond donors (Lipinski definition) is 2. The molecule has 0 bridgehead atoms. The molecule has 1 aliphatic rings. The largest absolute Gasteiger partial charge is 0.369 e. The van der Waals surface area contributed by atoms with Crippen molar-refractivity contribution in [2.45, 2.75) is 31.9 Å². The lowest BCUT2D eigenvalue weighted by Gasteiger charge is -2.28. The molecule has 0 saturated carbocycles. The second-order valence-electron chi connectivity index (χ2n) is 7.02. The number of nitrogens with zero attached hydrogens (tertiary/aromatic N) is 3. The Kier molecular flexibility index (Phi) is 6.96. The van der Waals surface area contributed by atoms with E-state index in [1.54, 1.807) is 0 Å². The third-order valence-corrected chi connectivity index (χ3v) is 5.95. The van der Waals surface area contributed by atoms with Crippen molar-refractivity contribution >= 4 is 21.7 Å². The van der Waals surface area contributed by atoms with Crippen LogP contribution in [0.3, 0.4) is 0 Å². The van der Waals surface area contributed by atoms with Gasteiger partial charge < -0.3 is 10.2 Å². The summed E-state index contributed by atoms with van der Waals surface area (Å²) in [6.07, 6.45) is 3.50. The van der Waals surface area contributed by atoms with Crippen molar-refractivity contribution in [2.75, 3.05) is 36.4 Å². The lowest BCUT2D eigenvalue weighted by Crippen LogP contribution is -2.31. The molecule has 10 heteroatoms. The molecule has 0 spiro atoms. The number of piperidine rings is 1. The van der Waals surface area contributed by atoms with Gasteiger partial charge in [-0.25, -0.2) is 31.9 Å². The topological polar surface area (TPSA) is 87.2 Å². The molecule has 3 rings (SSSR count). The van der Waals surface area contributed by atoms with E-state index in [1.807, 2.05) is 13.0 Å². The third-order valence-electron chi connectivity index (χ3n) is 4.61. The predicted octanol–water partition coefficient (Wildman–Crippen LogP) is 2.59. The van der Waals surface area contributed by atoms with Gasteiger partial charge in [0.05, 0.1) is 5.75 Å². The molecule has 2 N–H and O–H groups in total. The fourth-order valence-electron chi connectivity index (χ4n) is 3.23. The van der Waals surface area contributed by atoms with E-state index in [4.69, 9.17) is 0 Å². The Morgan fingerprint density at radius 1 is 1.07 bits per heavy atom. The summed E-state index contributed by atoms with van der Waals surface area (Å²) >= 11 is 0. The average Bonchev–Trinajstić information content (AvgIpc) is 2.68. The van der Waals surface area contributed by atoms with Crippen LogP contribution in [-0.2, 0) is 15.8 Å². The lowest BCUT2D eigenvalue weighted by molar-refractivity contribution is 0.570. The highest BCUT2D eigenvalue weighted by Gasteiger charge is 2.16. The van der Waals surface area contributed by atoms with E-state index < -0.39 is 27.4 Å². The van der Waals surface area contributed by atoms with Crippen LogP contribution in [0.4, 0.5) is 20.4 Å². The van der Waals surface area contributed by atoms with Crippen LogP contribution >= 0.6 is 0 Å². The maximum atomic E-state index is 13.6. The van der Waals surface area contributed by atoms with E-state index in [0.29, 0.717) is 18.2 Å². The van der Waals surface area contributed by atoms with Gasteiger partial charge in [-0.1, -0.05) is 0 Å². The summed E-state index contributed by atoms with van der Waals surface area (Å²) in [4.78, 5) is 11.0. The fourth-order valence-corrected chi connectivity index (χ4v) is 4.38. The first-order valence-corrected chi connectivity index (χ1v) is 11.2. The van der Waals surface area contributed by atoms with Crippen molar-refractivity contribution in [3.05, 3.63) is 47.3 Å². The normalized spacial score (nSPS) is 14.8. The maximum absolute atomic E-state index is 13.6. The van der Waals surface area contributed by atoms with Crippen molar-refractivity contribution in [1.29, 1.82) is 0 Å². The molecule has 1 aliphatic heterocycles. The first-order valence-electron chi connectivity index (χ1n) is 9.58. The fraction of sp³-hybridized carbons (Fsp3) is 0.474. The molecule has 1 fully saturated rings. The first-order chi connectivity index (χ1) is 13.8. The molecule has 0 atom stereocenters. The van der Waals surface area contributed by atoms with Gasteiger partial charge in [0.2, 0.25) is 10.0 Å². The molecule has 1 saturated heterocycles. The Labute approximate surface area is 169 Å². The summed E-state index contributed by atoms with van der Waals surface area (Å²) in [6.45, 7) is 4.12. The molecule has 7 nitrogen and oxygen atoms in total. The van der Waals surface area contributed by atoms with Gasteiger partial charge in [-0.3, -0.25) is 0 Å². The standard InChI is InChI=1S/C19H25F2N5O2S/c1-14-24-18(12-19(25-14)26-9-3-2-4-10-26)22-7-8-23-29(27,28)13-15-11-16(20)5-6-17(15)21/h5-6,11-12,23H,2-4,7-10,13H2,1H3,(H,22,24,25). The molecule has 0 radical (unpaired) electrons. The highest BCUT2D eigenvalue weighted by molar-refractivity contribution is 7.88.